The van der Waals surface area contributed by atoms with Gasteiger partial charge in [0.15, 0.2) is 5.82 Å². The molecule has 0 atom stereocenters. The van der Waals surface area contributed by atoms with Crippen LogP contribution >= 0.6 is 0 Å². The number of unbranched alkanes of at least 4 members (excludes halogenated alkanes) is 1. The van der Waals surface area contributed by atoms with Crippen LogP contribution < -0.4 is 5.73 Å². The highest BCUT2D eigenvalue weighted by Gasteiger charge is 2.16. The topological polar surface area (TPSA) is 94.3 Å². The standard InChI is InChI=1S/C24H24N6O/c25-24-23-21(13-20(8-4-5-11-31)30(23)27-16-26-24)18-9-10-19-15-29(28-22(19)12-18)14-17-6-2-1-3-7-17/h1-3,6-7,9-10,12-13,15-16,31H,4-5,8,11,14H2,(H2,25,26,27). The molecule has 7 nitrogen and oxygen atoms in total. The number of nitrogen functional groups attached to an aromatic ring is 1. The number of hydrogen-bond acceptors (Lipinski definition) is 5. The van der Waals surface area contributed by atoms with Crippen molar-refractivity contribution in [2.75, 3.05) is 12.3 Å². The zero-order chi connectivity index (χ0) is 21.2. The number of aliphatic hydroxyl groups excluding tert-OH is 1. The van der Waals surface area contributed by atoms with Crippen LogP contribution in [-0.4, -0.2) is 36.1 Å². The summed E-state index contributed by atoms with van der Waals surface area (Å²) in [6.07, 6.45) is 6.01. The van der Waals surface area contributed by atoms with Crippen molar-refractivity contribution in [1.29, 1.82) is 0 Å². The smallest absolute Gasteiger partial charge is 0.151 e. The quantitative estimate of drug-likeness (QED) is 0.398. The second kappa shape index (κ2) is 8.20. The monoisotopic (exact) mass is 412 g/mol. The number of benzene rings is 2. The molecular formula is C24H24N6O. The summed E-state index contributed by atoms with van der Waals surface area (Å²) in [5, 5.41) is 19.4. The van der Waals surface area contributed by atoms with Gasteiger partial charge in [-0.1, -0.05) is 42.5 Å². The van der Waals surface area contributed by atoms with Crippen LogP contribution in [0.15, 0.2) is 67.1 Å². The van der Waals surface area contributed by atoms with E-state index in [9.17, 15) is 0 Å². The average Bonchev–Trinajstić information content (AvgIpc) is 3.36. The van der Waals surface area contributed by atoms with Crippen molar-refractivity contribution in [3.8, 4) is 11.1 Å². The molecule has 0 fully saturated rings. The fourth-order valence-corrected chi connectivity index (χ4v) is 4.04. The van der Waals surface area contributed by atoms with Gasteiger partial charge in [0.25, 0.3) is 0 Å². The van der Waals surface area contributed by atoms with Gasteiger partial charge in [-0.3, -0.25) is 4.68 Å². The third kappa shape index (κ3) is 3.75. The predicted molar refractivity (Wildman–Crippen MR) is 122 cm³/mol. The molecule has 0 aliphatic carbocycles. The maximum absolute atomic E-state index is 9.12. The summed E-state index contributed by atoms with van der Waals surface area (Å²) in [7, 11) is 0. The number of hydrogen-bond donors (Lipinski definition) is 2. The molecule has 3 heterocycles. The van der Waals surface area contributed by atoms with Crippen LogP contribution in [0.3, 0.4) is 0 Å². The van der Waals surface area contributed by atoms with Crippen molar-refractivity contribution in [2.24, 2.45) is 0 Å². The Bertz CT molecular complexity index is 1340. The minimum atomic E-state index is 0.190. The molecule has 3 N–H and O–H groups in total. The number of fused-ring (bicyclic) bond motifs is 2. The number of aryl methyl sites for hydroxylation is 1. The van der Waals surface area contributed by atoms with E-state index in [1.165, 1.54) is 11.9 Å². The normalized spacial score (nSPS) is 11.5. The van der Waals surface area contributed by atoms with E-state index < -0.39 is 0 Å². The highest BCUT2D eigenvalue weighted by Crippen LogP contribution is 2.32. The predicted octanol–water partition coefficient (Wildman–Crippen LogP) is 3.69. The molecule has 5 rings (SSSR count). The summed E-state index contributed by atoms with van der Waals surface area (Å²) in [5.74, 6) is 0.452. The molecule has 0 spiro atoms. The van der Waals surface area contributed by atoms with Gasteiger partial charge in [-0.05, 0) is 42.5 Å². The number of rotatable bonds is 7. The molecule has 7 heteroatoms. The van der Waals surface area contributed by atoms with E-state index in [2.05, 4.69) is 52.7 Å². The van der Waals surface area contributed by atoms with Crippen LogP contribution in [0.1, 0.15) is 24.1 Å². The lowest BCUT2D eigenvalue weighted by Gasteiger charge is -2.03. The lowest BCUT2D eigenvalue weighted by molar-refractivity contribution is 0.284. The van der Waals surface area contributed by atoms with E-state index in [0.717, 1.165) is 59.0 Å². The van der Waals surface area contributed by atoms with Crippen molar-refractivity contribution >= 4 is 22.2 Å². The van der Waals surface area contributed by atoms with Crippen LogP contribution in [0, 0.1) is 0 Å². The number of nitrogens with two attached hydrogens (primary N) is 1. The Kier molecular flexibility index (Phi) is 5.09. The van der Waals surface area contributed by atoms with E-state index in [1.54, 1.807) is 0 Å². The zero-order valence-corrected chi connectivity index (χ0v) is 17.1. The third-order valence-electron chi connectivity index (χ3n) is 5.55. The fraction of sp³-hybridized carbons (Fsp3) is 0.208. The third-order valence-corrected chi connectivity index (χ3v) is 5.55. The molecule has 31 heavy (non-hydrogen) atoms. The van der Waals surface area contributed by atoms with E-state index in [4.69, 9.17) is 15.9 Å². The highest BCUT2D eigenvalue weighted by atomic mass is 16.2. The summed E-state index contributed by atoms with van der Waals surface area (Å²) in [4.78, 5) is 4.20. The molecule has 5 aromatic rings. The Morgan fingerprint density at radius 1 is 1.00 bits per heavy atom. The minimum absolute atomic E-state index is 0.190. The summed E-state index contributed by atoms with van der Waals surface area (Å²) in [6.45, 7) is 0.922. The zero-order valence-electron chi connectivity index (χ0n) is 17.1. The Morgan fingerprint density at radius 2 is 1.87 bits per heavy atom. The first-order chi connectivity index (χ1) is 15.2. The minimum Gasteiger partial charge on any atom is -0.396 e. The molecule has 0 amide bonds. The van der Waals surface area contributed by atoms with Crippen LogP contribution in [-0.2, 0) is 13.0 Å². The summed E-state index contributed by atoms with van der Waals surface area (Å²) >= 11 is 0. The Morgan fingerprint density at radius 3 is 2.71 bits per heavy atom. The van der Waals surface area contributed by atoms with E-state index in [0.29, 0.717) is 5.82 Å². The van der Waals surface area contributed by atoms with Crippen molar-refractivity contribution < 1.29 is 5.11 Å². The van der Waals surface area contributed by atoms with Gasteiger partial charge in [0.1, 0.15) is 11.8 Å². The molecule has 0 saturated carbocycles. The first-order valence-electron chi connectivity index (χ1n) is 10.5. The van der Waals surface area contributed by atoms with Gasteiger partial charge in [-0.15, -0.1) is 0 Å². The molecule has 0 aliphatic rings. The fourth-order valence-electron chi connectivity index (χ4n) is 4.04. The molecule has 0 saturated heterocycles. The van der Waals surface area contributed by atoms with Gasteiger partial charge in [0.2, 0.25) is 0 Å². The van der Waals surface area contributed by atoms with E-state index in [-0.39, 0.29) is 6.61 Å². The molecule has 3 aromatic heterocycles. The first kappa shape index (κ1) is 19.3. The van der Waals surface area contributed by atoms with Gasteiger partial charge in [0, 0.05) is 29.4 Å². The van der Waals surface area contributed by atoms with E-state index in [1.807, 2.05) is 27.4 Å². The lowest BCUT2D eigenvalue weighted by Crippen LogP contribution is -2.02. The van der Waals surface area contributed by atoms with Crippen molar-refractivity contribution in [1.82, 2.24) is 24.4 Å². The van der Waals surface area contributed by atoms with Gasteiger partial charge in [-0.25, -0.2) is 9.50 Å². The van der Waals surface area contributed by atoms with Crippen molar-refractivity contribution in [2.45, 2.75) is 25.8 Å². The largest absolute Gasteiger partial charge is 0.396 e. The maximum atomic E-state index is 9.12. The second-order valence-corrected chi connectivity index (χ2v) is 7.72. The van der Waals surface area contributed by atoms with Crippen molar-refractivity contribution in [3.63, 3.8) is 0 Å². The van der Waals surface area contributed by atoms with Crippen LogP contribution in [0.4, 0.5) is 5.82 Å². The molecule has 0 aliphatic heterocycles. The molecule has 0 bridgehead atoms. The summed E-state index contributed by atoms with van der Waals surface area (Å²) in [6, 6.07) is 18.7. The number of aliphatic hydroxyl groups is 1. The van der Waals surface area contributed by atoms with Crippen LogP contribution in [0.5, 0.6) is 0 Å². The summed E-state index contributed by atoms with van der Waals surface area (Å²) < 4.78 is 3.84. The molecule has 0 radical (unpaired) electrons. The van der Waals surface area contributed by atoms with Crippen molar-refractivity contribution in [3.05, 3.63) is 78.4 Å². The summed E-state index contributed by atoms with van der Waals surface area (Å²) in [5.41, 5.74) is 12.3. The van der Waals surface area contributed by atoms with Crippen LogP contribution in [0.2, 0.25) is 0 Å². The molecule has 0 unspecified atom stereocenters. The Balaban J connectivity index is 1.54. The van der Waals surface area contributed by atoms with Gasteiger partial charge < -0.3 is 10.8 Å². The maximum Gasteiger partial charge on any atom is 0.151 e. The van der Waals surface area contributed by atoms with Gasteiger partial charge in [0.05, 0.1) is 12.1 Å². The van der Waals surface area contributed by atoms with Gasteiger partial charge >= 0.3 is 0 Å². The highest BCUT2D eigenvalue weighted by molar-refractivity contribution is 5.92. The molecular weight excluding hydrogens is 388 g/mol. The Labute approximate surface area is 179 Å². The average molecular weight is 412 g/mol. The number of aromatic nitrogens is 5. The number of anilines is 1. The van der Waals surface area contributed by atoms with Gasteiger partial charge in [-0.2, -0.15) is 10.2 Å². The molecule has 156 valence electrons. The second-order valence-electron chi connectivity index (χ2n) is 7.72. The number of nitrogens with zero attached hydrogens (tertiary/aromatic N) is 5. The van der Waals surface area contributed by atoms with E-state index >= 15 is 0 Å². The lowest BCUT2D eigenvalue weighted by atomic mass is 10.0. The van der Waals surface area contributed by atoms with Crippen LogP contribution in [0.25, 0.3) is 27.5 Å². The Hall–Kier alpha value is -3.71. The SMILES string of the molecule is Nc1ncnn2c(CCCCO)cc(-c3ccc4cn(Cc5ccccc5)nc4c3)c12. The first-order valence-corrected chi connectivity index (χ1v) is 10.5. The molecule has 2 aromatic carbocycles.